The number of rotatable bonds is 5. The van der Waals surface area contributed by atoms with Gasteiger partial charge < -0.3 is 13.8 Å². The Bertz CT molecular complexity index is 1610. The van der Waals surface area contributed by atoms with Crippen molar-refractivity contribution < 1.29 is 18.0 Å². The van der Waals surface area contributed by atoms with E-state index in [0.717, 1.165) is 6.07 Å². The molecule has 0 bridgehead atoms. The molecule has 2 aromatic carbocycles. The van der Waals surface area contributed by atoms with Gasteiger partial charge in [0, 0.05) is 19.2 Å². The first kappa shape index (κ1) is 20.5. The molecule has 164 valence electrons. The normalized spacial score (nSPS) is 11.3. The summed E-state index contributed by atoms with van der Waals surface area (Å²) >= 11 is 0. The van der Waals surface area contributed by atoms with Crippen LogP contribution in [-0.4, -0.2) is 37.8 Å². The van der Waals surface area contributed by atoms with Gasteiger partial charge in [0.2, 0.25) is 5.82 Å². The van der Waals surface area contributed by atoms with Crippen LogP contribution in [0.1, 0.15) is 5.56 Å². The minimum absolute atomic E-state index is 0.0193. The Labute approximate surface area is 184 Å². The lowest BCUT2D eigenvalue weighted by Gasteiger charge is -2.13. The maximum Gasteiger partial charge on any atom is 0.279 e. The molecular weight excluding hydrogens is 434 g/mol. The fraction of sp³-hybridized carbons (Fsp3) is 0.136. The predicted octanol–water partition coefficient (Wildman–Crippen LogP) is 3.16. The zero-order valence-electron chi connectivity index (χ0n) is 17.1. The van der Waals surface area contributed by atoms with E-state index in [1.54, 1.807) is 0 Å². The molecule has 0 aliphatic heterocycles. The number of fused-ring (bicyclic) bond motifs is 3. The molecule has 9 nitrogen and oxygen atoms in total. The highest BCUT2D eigenvalue weighted by Gasteiger charge is 2.23. The van der Waals surface area contributed by atoms with E-state index in [9.17, 15) is 18.8 Å². The molecule has 0 saturated heterocycles. The molecule has 3 heterocycles. The summed E-state index contributed by atoms with van der Waals surface area (Å²) in [7, 11) is 1.47. The minimum Gasteiger partial charge on any atom is -0.383 e. The number of benzene rings is 2. The van der Waals surface area contributed by atoms with Crippen LogP contribution in [0.2, 0.25) is 0 Å². The van der Waals surface area contributed by atoms with Gasteiger partial charge in [-0.15, -0.1) is 0 Å². The van der Waals surface area contributed by atoms with Crippen LogP contribution in [0.5, 0.6) is 0 Å². The lowest BCUT2D eigenvalue weighted by Crippen LogP contribution is -2.25. The highest BCUT2D eigenvalue weighted by molar-refractivity contribution is 5.87. The summed E-state index contributed by atoms with van der Waals surface area (Å²) < 4.78 is 40.7. The van der Waals surface area contributed by atoms with E-state index < -0.39 is 17.2 Å². The molecule has 0 spiro atoms. The quantitative estimate of drug-likeness (QED) is 0.406. The first-order valence-corrected chi connectivity index (χ1v) is 9.74. The molecule has 0 atom stereocenters. The van der Waals surface area contributed by atoms with E-state index in [1.165, 1.54) is 52.7 Å². The van der Waals surface area contributed by atoms with E-state index in [1.807, 2.05) is 6.07 Å². The number of methoxy groups -OCH3 is 1. The summed E-state index contributed by atoms with van der Waals surface area (Å²) in [6.07, 6.45) is 1.37. The summed E-state index contributed by atoms with van der Waals surface area (Å²) in [5.41, 5.74) is 0.501. The first-order chi connectivity index (χ1) is 16.0. The van der Waals surface area contributed by atoms with Crippen LogP contribution >= 0.6 is 0 Å². The number of hydrogen-bond donors (Lipinski definition) is 0. The van der Waals surface area contributed by atoms with Gasteiger partial charge in [-0.3, -0.25) is 9.20 Å². The zero-order valence-corrected chi connectivity index (χ0v) is 17.1. The average molecular weight is 448 g/mol. The van der Waals surface area contributed by atoms with Crippen LogP contribution in [0, 0.1) is 23.0 Å². The lowest BCUT2D eigenvalue weighted by molar-refractivity contribution is 0.187. The van der Waals surface area contributed by atoms with E-state index in [0.29, 0.717) is 11.1 Å². The summed E-state index contributed by atoms with van der Waals surface area (Å²) in [4.78, 5) is 22.1. The SMILES string of the molecule is COCCn1c(=O)c2c(-c3nc(-c4ccc(F)cc4)no3)ncn2c2ccc(F)c(C#N)c21. The average Bonchev–Trinajstić information content (AvgIpc) is 3.47. The van der Waals surface area contributed by atoms with Crippen LogP contribution in [0.25, 0.3) is 39.5 Å². The Balaban J connectivity index is 1.77. The van der Waals surface area contributed by atoms with Crippen molar-refractivity contribution >= 4 is 16.6 Å². The van der Waals surface area contributed by atoms with Crippen molar-refractivity contribution in [3.05, 3.63) is 70.3 Å². The first-order valence-electron chi connectivity index (χ1n) is 9.74. The third-order valence-electron chi connectivity index (χ3n) is 5.21. The van der Waals surface area contributed by atoms with Crippen LogP contribution in [0.4, 0.5) is 8.78 Å². The van der Waals surface area contributed by atoms with Crippen molar-refractivity contribution in [1.82, 2.24) is 24.1 Å². The maximum absolute atomic E-state index is 14.4. The van der Waals surface area contributed by atoms with Crippen LogP contribution in [-0.2, 0) is 11.3 Å². The number of nitrogens with zero attached hydrogens (tertiary/aromatic N) is 6. The Morgan fingerprint density at radius 2 is 1.94 bits per heavy atom. The summed E-state index contributed by atoms with van der Waals surface area (Å²) in [5.74, 6) is -0.968. The van der Waals surface area contributed by atoms with Crippen molar-refractivity contribution in [3.8, 4) is 29.0 Å². The minimum atomic E-state index is -0.740. The molecular formula is C22H14F2N6O3. The number of ether oxygens (including phenoxy) is 1. The molecule has 5 rings (SSSR count). The molecule has 0 aliphatic rings. The van der Waals surface area contributed by atoms with Crippen LogP contribution < -0.4 is 5.56 Å². The van der Waals surface area contributed by atoms with Crippen molar-refractivity contribution in [3.63, 3.8) is 0 Å². The number of imidazole rings is 1. The van der Waals surface area contributed by atoms with E-state index in [-0.39, 0.29) is 47.2 Å². The number of hydrogen-bond acceptors (Lipinski definition) is 7. The third kappa shape index (κ3) is 3.24. The fourth-order valence-corrected chi connectivity index (χ4v) is 3.68. The second-order valence-electron chi connectivity index (χ2n) is 7.09. The highest BCUT2D eigenvalue weighted by Crippen LogP contribution is 2.27. The predicted molar refractivity (Wildman–Crippen MR) is 112 cm³/mol. The molecule has 0 saturated carbocycles. The second-order valence-corrected chi connectivity index (χ2v) is 7.09. The molecule has 0 amide bonds. The Kier molecular flexibility index (Phi) is 4.91. The second kappa shape index (κ2) is 7.92. The smallest absolute Gasteiger partial charge is 0.279 e. The topological polar surface area (TPSA) is 111 Å². The zero-order chi connectivity index (χ0) is 23.1. The lowest BCUT2D eigenvalue weighted by atomic mass is 10.1. The Hall–Kier alpha value is -4.43. The van der Waals surface area contributed by atoms with Crippen molar-refractivity contribution in [2.24, 2.45) is 0 Å². The highest BCUT2D eigenvalue weighted by atomic mass is 19.1. The number of nitriles is 1. The Morgan fingerprint density at radius 3 is 2.67 bits per heavy atom. The summed E-state index contributed by atoms with van der Waals surface area (Å²) in [6.45, 7) is 0.237. The van der Waals surface area contributed by atoms with Crippen molar-refractivity contribution in [2.75, 3.05) is 13.7 Å². The standard InChI is InChI=1S/C22H14F2N6O3/c1-32-9-8-29-18-14(10-25)15(24)6-7-16(18)30-11-26-17(19(30)22(29)31)21-27-20(28-33-21)12-2-4-13(23)5-3-12/h2-7,11H,8-9H2,1H3. The van der Waals surface area contributed by atoms with Gasteiger partial charge in [0.15, 0.2) is 5.69 Å². The maximum atomic E-state index is 14.4. The molecule has 0 fully saturated rings. The number of halogens is 2. The van der Waals surface area contributed by atoms with Gasteiger partial charge in [0.1, 0.15) is 35.1 Å². The largest absolute Gasteiger partial charge is 0.383 e. The van der Waals surface area contributed by atoms with E-state index >= 15 is 0 Å². The van der Waals surface area contributed by atoms with Gasteiger partial charge in [-0.2, -0.15) is 10.2 Å². The Morgan fingerprint density at radius 1 is 1.15 bits per heavy atom. The van der Waals surface area contributed by atoms with Gasteiger partial charge in [0.25, 0.3) is 11.4 Å². The van der Waals surface area contributed by atoms with Crippen molar-refractivity contribution in [1.29, 1.82) is 5.26 Å². The molecule has 3 aromatic heterocycles. The molecule has 0 unspecified atom stereocenters. The summed E-state index contributed by atoms with van der Waals surface area (Å²) in [6, 6.07) is 9.99. The van der Waals surface area contributed by atoms with Crippen LogP contribution in [0.15, 0.2) is 52.0 Å². The van der Waals surface area contributed by atoms with Gasteiger partial charge in [-0.25, -0.2) is 13.8 Å². The molecule has 5 aromatic rings. The van der Waals surface area contributed by atoms with Gasteiger partial charge in [0.05, 0.1) is 17.6 Å². The van der Waals surface area contributed by atoms with Gasteiger partial charge >= 0.3 is 0 Å². The molecule has 0 radical (unpaired) electrons. The number of aromatic nitrogens is 5. The fourth-order valence-electron chi connectivity index (χ4n) is 3.68. The molecule has 11 heteroatoms. The van der Waals surface area contributed by atoms with Gasteiger partial charge in [-0.1, -0.05) is 5.16 Å². The summed E-state index contributed by atoms with van der Waals surface area (Å²) in [5, 5.41) is 13.4. The molecule has 0 aliphatic carbocycles. The van der Waals surface area contributed by atoms with Crippen LogP contribution in [0.3, 0.4) is 0 Å². The monoisotopic (exact) mass is 448 g/mol. The van der Waals surface area contributed by atoms with Crippen molar-refractivity contribution in [2.45, 2.75) is 6.54 Å². The van der Waals surface area contributed by atoms with E-state index in [4.69, 9.17) is 9.26 Å². The van der Waals surface area contributed by atoms with E-state index in [2.05, 4.69) is 15.1 Å². The third-order valence-corrected chi connectivity index (χ3v) is 5.21. The molecule has 33 heavy (non-hydrogen) atoms. The van der Waals surface area contributed by atoms with Gasteiger partial charge in [-0.05, 0) is 36.4 Å². The molecule has 0 N–H and O–H groups in total.